The van der Waals surface area contributed by atoms with Crippen molar-refractivity contribution in [2.75, 3.05) is 11.9 Å². The second-order valence-corrected chi connectivity index (χ2v) is 9.68. The van der Waals surface area contributed by atoms with Gasteiger partial charge in [0.25, 0.3) is 5.91 Å². The molecule has 1 N–H and O–H groups in total. The SMILES string of the molecule is C=C=C[C@@]1(F)C(OC(=O)c2ccccc2)[C@@H](COC(=O)c2ccccc2)O[C@H]1n1ccc(NC(=O)c2ccccc2)nc1=O. The molecule has 1 fully saturated rings. The molecular formula is C33H26FN3O7. The van der Waals surface area contributed by atoms with E-state index >= 15 is 4.39 Å². The van der Waals surface area contributed by atoms with E-state index in [1.807, 2.05) is 0 Å². The van der Waals surface area contributed by atoms with Crippen LogP contribution in [0.15, 0.2) is 126 Å². The van der Waals surface area contributed by atoms with Gasteiger partial charge in [0.15, 0.2) is 12.3 Å². The zero-order valence-electron chi connectivity index (χ0n) is 23.2. The number of amides is 1. The Morgan fingerprint density at radius 3 is 2.07 bits per heavy atom. The molecule has 10 nitrogen and oxygen atoms in total. The summed E-state index contributed by atoms with van der Waals surface area (Å²) >= 11 is 0. The fourth-order valence-corrected chi connectivity index (χ4v) is 4.66. The summed E-state index contributed by atoms with van der Waals surface area (Å²) in [5.74, 6) is -2.17. The van der Waals surface area contributed by atoms with E-state index < -0.39 is 54.2 Å². The lowest BCUT2D eigenvalue weighted by Crippen LogP contribution is -2.46. The number of anilines is 1. The average Bonchev–Trinajstić information content (AvgIpc) is 3.31. The Kier molecular flexibility index (Phi) is 8.90. The fourth-order valence-electron chi connectivity index (χ4n) is 4.66. The molecule has 1 saturated heterocycles. The molecule has 3 aromatic carbocycles. The molecule has 1 amide bonds. The highest BCUT2D eigenvalue weighted by Gasteiger charge is 2.60. The van der Waals surface area contributed by atoms with Gasteiger partial charge < -0.3 is 19.5 Å². The summed E-state index contributed by atoms with van der Waals surface area (Å²) < 4.78 is 34.8. The third kappa shape index (κ3) is 6.39. The van der Waals surface area contributed by atoms with E-state index in [9.17, 15) is 19.2 Å². The smallest absolute Gasteiger partial charge is 0.351 e. The molecule has 0 radical (unpaired) electrons. The predicted molar refractivity (Wildman–Crippen MR) is 157 cm³/mol. The third-order valence-electron chi connectivity index (χ3n) is 6.77. The number of carbonyl (C=O) groups excluding carboxylic acids is 3. The number of carbonyl (C=O) groups is 3. The number of rotatable bonds is 9. The standard InChI is InChI=1S/C33H26FN3O7/c1-2-19-33(34)27(44-30(40)24-16-10-5-11-17-24)25(21-42-29(39)23-14-8-4-9-15-23)43-31(33)37-20-18-26(36-32(37)41)35-28(38)22-12-6-3-7-13-22/h3-20,25,27,31H,1,21H2,(H,35,36,38,41)/t25-,27?,31-,33-/m1/s1. The van der Waals surface area contributed by atoms with E-state index in [0.29, 0.717) is 5.56 Å². The van der Waals surface area contributed by atoms with E-state index in [0.717, 1.165) is 10.6 Å². The first-order valence-electron chi connectivity index (χ1n) is 13.5. The maximum atomic E-state index is 17.1. The van der Waals surface area contributed by atoms with Gasteiger partial charge in [-0.2, -0.15) is 4.98 Å². The van der Waals surface area contributed by atoms with Crippen molar-refractivity contribution in [1.29, 1.82) is 0 Å². The Morgan fingerprint density at radius 2 is 1.50 bits per heavy atom. The average molecular weight is 596 g/mol. The minimum Gasteiger partial charge on any atom is -0.459 e. The van der Waals surface area contributed by atoms with Crippen LogP contribution < -0.4 is 11.0 Å². The van der Waals surface area contributed by atoms with Crippen LogP contribution in [0.25, 0.3) is 0 Å². The molecule has 11 heteroatoms. The van der Waals surface area contributed by atoms with Crippen molar-refractivity contribution in [3.8, 4) is 0 Å². The Morgan fingerprint density at radius 1 is 0.932 bits per heavy atom. The van der Waals surface area contributed by atoms with Crippen molar-refractivity contribution in [3.05, 3.63) is 149 Å². The number of alkyl halides is 1. The van der Waals surface area contributed by atoms with Gasteiger partial charge in [-0.15, -0.1) is 5.73 Å². The van der Waals surface area contributed by atoms with Crippen LogP contribution in [0.4, 0.5) is 10.2 Å². The summed E-state index contributed by atoms with van der Waals surface area (Å²) in [5, 5.41) is 2.52. The number of hydrogen-bond donors (Lipinski definition) is 1. The normalized spacial score (nSPS) is 20.6. The Balaban J connectivity index is 1.45. The van der Waals surface area contributed by atoms with Gasteiger partial charge in [-0.3, -0.25) is 9.36 Å². The van der Waals surface area contributed by atoms with Gasteiger partial charge in [-0.1, -0.05) is 61.2 Å². The highest BCUT2D eigenvalue weighted by molar-refractivity contribution is 6.03. The molecule has 4 aromatic rings. The largest absolute Gasteiger partial charge is 0.459 e. The number of aromatic nitrogens is 2. The van der Waals surface area contributed by atoms with Crippen molar-refractivity contribution in [2.24, 2.45) is 0 Å². The monoisotopic (exact) mass is 595 g/mol. The van der Waals surface area contributed by atoms with Crippen LogP contribution in [0.5, 0.6) is 0 Å². The molecular weight excluding hydrogens is 569 g/mol. The Bertz CT molecular complexity index is 1760. The molecule has 4 atom stereocenters. The first kappa shape index (κ1) is 29.8. The summed E-state index contributed by atoms with van der Waals surface area (Å²) in [6, 6.07) is 25.6. The van der Waals surface area contributed by atoms with Gasteiger partial charge in [0.2, 0.25) is 5.67 Å². The van der Waals surface area contributed by atoms with Crippen molar-refractivity contribution < 1.29 is 33.0 Å². The van der Waals surface area contributed by atoms with Crippen molar-refractivity contribution in [1.82, 2.24) is 9.55 Å². The topological polar surface area (TPSA) is 126 Å². The predicted octanol–water partition coefficient (Wildman–Crippen LogP) is 4.53. The van der Waals surface area contributed by atoms with E-state index in [1.165, 1.54) is 36.5 Å². The fraction of sp³-hybridized carbons (Fsp3) is 0.152. The zero-order valence-corrected chi connectivity index (χ0v) is 23.2. The molecule has 2 heterocycles. The van der Waals surface area contributed by atoms with Crippen molar-refractivity contribution in [3.63, 3.8) is 0 Å². The lowest BCUT2D eigenvalue weighted by atomic mass is 9.95. The molecule has 0 aliphatic carbocycles. The second-order valence-electron chi connectivity index (χ2n) is 9.68. The first-order chi connectivity index (χ1) is 21.3. The maximum Gasteiger partial charge on any atom is 0.351 e. The van der Waals surface area contributed by atoms with Gasteiger partial charge in [-0.25, -0.2) is 18.8 Å². The molecule has 44 heavy (non-hydrogen) atoms. The molecule has 0 bridgehead atoms. The third-order valence-corrected chi connectivity index (χ3v) is 6.77. The molecule has 1 aliphatic heterocycles. The lowest BCUT2D eigenvalue weighted by molar-refractivity contribution is -0.0616. The number of hydrogen-bond acceptors (Lipinski definition) is 8. The number of nitrogens with zero attached hydrogens (tertiary/aromatic N) is 2. The quantitative estimate of drug-likeness (QED) is 0.221. The second kappa shape index (κ2) is 13.1. The van der Waals surface area contributed by atoms with Crippen LogP contribution in [0, 0.1) is 0 Å². The number of halogens is 1. The molecule has 1 aromatic heterocycles. The van der Waals surface area contributed by atoms with Crippen LogP contribution in [0.1, 0.15) is 37.3 Å². The number of nitrogens with one attached hydrogen (secondary N) is 1. The summed E-state index contributed by atoms with van der Waals surface area (Å²) in [7, 11) is 0. The van der Waals surface area contributed by atoms with Crippen molar-refractivity contribution >= 4 is 23.7 Å². The van der Waals surface area contributed by atoms with Gasteiger partial charge >= 0.3 is 17.6 Å². The number of benzene rings is 3. The molecule has 5 rings (SSSR count). The van der Waals surface area contributed by atoms with E-state index in [-0.39, 0.29) is 16.9 Å². The van der Waals surface area contributed by atoms with Gasteiger partial charge in [0, 0.05) is 17.8 Å². The summed E-state index contributed by atoms with van der Waals surface area (Å²) in [6.07, 6.45) is -2.75. The summed E-state index contributed by atoms with van der Waals surface area (Å²) in [5.41, 5.74) is -0.612. The van der Waals surface area contributed by atoms with Crippen LogP contribution in [0.2, 0.25) is 0 Å². The minimum absolute atomic E-state index is 0.0813. The Hall–Kier alpha value is -5.64. The maximum absolute atomic E-state index is 17.1. The first-order valence-corrected chi connectivity index (χ1v) is 13.5. The highest BCUT2D eigenvalue weighted by atomic mass is 19.1. The molecule has 222 valence electrons. The summed E-state index contributed by atoms with van der Waals surface area (Å²) in [6.45, 7) is 2.93. The highest BCUT2D eigenvalue weighted by Crippen LogP contribution is 2.44. The van der Waals surface area contributed by atoms with Gasteiger partial charge in [-0.05, 0) is 42.5 Å². The van der Waals surface area contributed by atoms with Crippen LogP contribution in [-0.4, -0.2) is 51.9 Å². The van der Waals surface area contributed by atoms with E-state index in [2.05, 4.69) is 22.6 Å². The van der Waals surface area contributed by atoms with Crippen LogP contribution >= 0.6 is 0 Å². The van der Waals surface area contributed by atoms with E-state index in [4.69, 9.17) is 14.2 Å². The Labute approximate surface area is 251 Å². The van der Waals surface area contributed by atoms with Gasteiger partial charge in [0.05, 0.1) is 11.1 Å². The summed E-state index contributed by atoms with van der Waals surface area (Å²) in [4.78, 5) is 55.3. The molecule has 1 unspecified atom stereocenters. The number of ether oxygens (including phenoxy) is 3. The van der Waals surface area contributed by atoms with Gasteiger partial charge in [0.1, 0.15) is 18.5 Å². The molecule has 0 saturated carbocycles. The van der Waals surface area contributed by atoms with Crippen LogP contribution in [-0.2, 0) is 14.2 Å². The van der Waals surface area contributed by atoms with Crippen LogP contribution in [0.3, 0.4) is 0 Å². The molecule has 1 aliphatic rings. The van der Waals surface area contributed by atoms with E-state index in [1.54, 1.807) is 66.7 Å². The number of esters is 2. The lowest BCUT2D eigenvalue weighted by Gasteiger charge is -2.28. The zero-order chi connectivity index (χ0) is 31.1. The van der Waals surface area contributed by atoms with Crippen molar-refractivity contribution in [2.45, 2.75) is 24.1 Å². The minimum atomic E-state index is -2.71. The molecule has 0 spiro atoms.